The second-order valence-corrected chi connectivity index (χ2v) is 8.96. The molecule has 0 saturated heterocycles. The first kappa shape index (κ1) is 20.3. The smallest absolute Gasteiger partial charge is 0.289 e. The summed E-state index contributed by atoms with van der Waals surface area (Å²) in [6, 6.07) is 12.5. The number of rotatable bonds is 5. The zero-order valence-electron chi connectivity index (χ0n) is 18.4. The quantitative estimate of drug-likeness (QED) is 0.384. The first-order chi connectivity index (χ1) is 15.4. The Kier molecular flexibility index (Phi) is 4.94. The third kappa shape index (κ3) is 3.42. The van der Waals surface area contributed by atoms with E-state index in [4.69, 9.17) is 0 Å². The number of aryl methyl sites for hydroxylation is 1. The molecule has 0 aliphatic carbocycles. The molecule has 1 amide bonds. The van der Waals surface area contributed by atoms with E-state index in [1.54, 1.807) is 29.5 Å². The summed E-state index contributed by atoms with van der Waals surface area (Å²) in [6.07, 6.45) is 3.57. The van der Waals surface area contributed by atoms with Crippen LogP contribution in [-0.4, -0.2) is 43.9 Å². The average Bonchev–Trinajstić information content (AvgIpc) is 3.48. The Bertz CT molecular complexity index is 1460. The van der Waals surface area contributed by atoms with Gasteiger partial charge in [0.15, 0.2) is 5.82 Å². The van der Waals surface area contributed by atoms with Crippen LogP contribution in [0.2, 0.25) is 0 Å². The van der Waals surface area contributed by atoms with Gasteiger partial charge in [-0.1, -0.05) is 0 Å². The second kappa shape index (κ2) is 7.80. The lowest BCUT2D eigenvalue weighted by Gasteiger charge is -2.14. The van der Waals surface area contributed by atoms with Gasteiger partial charge < -0.3 is 19.8 Å². The maximum atomic E-state index is 12.6. The number of aromatic nitrogens is 4. The topological polar surface area (TPSA) is 78.8 Å². The Hall–Kier alpha value is -3.65. The van der Waals surface area contributed by atoms with Gasteiger partial charge in [-0.3, -0.25) is 9.78 Å². The van der Waals surface area contributed by atoms with E-state index in [0.29, 0.717) is 12.4 Å². The molecule has 4 aromatic heterocycles. The second-order valence-electron chi connectivity index (χ2n) is 7.91. The van der Waals surface area contributed by atoms with Crippen molar-refractivity contribution in [2.75, 3.05) is 18.9 Å². The number of carbonyl (C=O) groups excluding carboxylic acids is 1. The monoisotopic (exact) mass is 444 g/mol. The van der Waals surface area contributed by atoms with E-state index < -0.39 is 0 Å². The zero-order valence-corrected chi connectivity index (χ0v) is 19.2. The summed E-state index contributed by atoms with van der Waals surface area (Å²) >= 11 is 1.64. The van der Waals surface area contributed by atoms with Crippen LogP contribution in [0.15, 0.2) is 48.8 Å². The van der Waals surface area contributed by atoms with Crippen molar-refractivity contribution in [3.63, 3.8) is 0 Å². The Morgan fingerprint density at radius 2 is 2.06 bits per heavy atom. The number of imidazole rings is 1. The highest BCUT2D eigenvalue weighted by Gasteiger charge is 2.20. The number of aromatic amines is 1. The van der Waals surface area contributed by atoms with Gasteiger partial charge in [-0.2, -0.15) is 0 Å². The summed E-state index contributed by atoms with van der Waals surface area (Å²) in [5, 5.41) is 4.72. The Morgan fingerprint density at radius 3 is 2.88 bits per heavy atom. The van der Waals surface area contributed by atoms with Crippen molar-refractivity contribution in [2.45, 2.75) is 13.8 Å². The highest BCUT2D eigenvalue weighted by molar-refractivity contribution is 7.22. The van der Waals surface area contributed by atoms with Gasteiger partial charge in [-0.25, -0.2) is 4.98 Å². The van der Waals surface area contributed by atoms with E-state index in [1.165, 1.54) is 5.39 Å². The molecule has 1 aromatic carbocycles. The number of hydrogen-bond acceptors (Lipinski definition) is 5. The summed E-state index contributed by atoms with van der Waals surface area (Å²) in [5.74, 6) is 0.349. The molecule has 0 aliphatic heterocycles. The molecule has 0 fully saturated rings. The highest BCUT2D eigenvalue weighted by Crippen LogP contribution is 2.38. The SMILES string of the molecule is CCN(C)C(=O)c1ncc(-c2cc3nccc(Nc4ccc5[nH]c(C)cc5c4)c3s2)n1C. The van der Waals surface area contributed by atoms with Crippen molar-refractivity contribution >= 4 is 49.7 Å². The number of hydrogen-bond donors (Lipinski definition) is 2. The molecule has 2 N–H and O–H groups in total. The average molecular weight is 445 g/mol. The minimum absolute atomic E-state index is 0.0850. The highest BCUT2D eigenvalue weighted by atomic mass is 32.1. The normalized spacial score (nSPS) is 11.4. The van der Waals surface area contributed by atoms with Crippen molar-refractivity contribution < 1.29 is 4.79 Å². The van der Waals surface area contributed by atoms with Gasteiger partial charge in [0.25, 0.3) is 5.91 Å². The number of nitrogens with zero attached hydrogens (tertiary/aromatic N) is 4. The maximum absolute atomic E-state index is 12.6. The molecule has 4 heterocycles. The van der Waals surface area contributed by atoms with E-state index in [0.717, 1.165) is 43.4 Å². The van der Waals surface area contributed by atoms with Gasteiger partial charge in [0.2, 0.25) is 0 Å². The first-order valence-corrected chi connectivity index (χ1v) is 11.3. The summed E-state index contributed by atoms with van der Waals surface area (Å²) in [7, 11) is 3.66. The molecule has 32 heavy (non-hydrogen) atoms. The Balaban J connectivity index is 1.51. The van der Waals surface area contributed by atoms with E-state index in [-0.39, 0.29) is 5.91 Å². The molecule has 5 aromatic rings. The molecular weight excluding hydrogens is 420 g/mol. The van der Waals surface area contributed by atoms with Crippen LogP contribution in [-0.2, 0) is 7.05 Å². The van der Waals surface area contributed by atoms with Crippen LogP contribution in [0.4, 0.5) is 11.4 Å². The fraction of sp³-hybridized carbons (Fsp3) is 0.208. The van der Waals surface area contributed by atoms with E-state index >= 15 is 0 Å². The maximum Gasteiger partial charge on any atom is 0.289 e. The number of anilines is 2. The Labute approximate surface area is 189 Å². The zero-order chi connectivity index (χ0) is 22.4. The number of thiophene rings is 1. The number of benzene rings is 1. The largest absolute Gasteiger partial charge is 0.359 e. The number of fused-ring (bicyclic) bond motifs is 2. The van der Waals surface area contributed by atoms with Crippen LogP contribution >= 0.6 is 11.3 Å². The lowest BCUT2D eigenvalue weighted by atomic mass is 10.2. The molecule has 0 bridgehead atoms. The molecule has 0 saturated carbocycles. The summed E-state index contributed by atoms with van der Waals surface area (Å²) in [4.78, 5) is 27.6. The lowest BCUT2D eigenvalue weighted by Crippen LogP contribution is -2.28. The standard InChI is InChI=1S/C24H24N6OS/c1-5-29(3)24(31)23-26-13-20(30(23)4)21-12-19-22(32-21)18(8-9-25-19)28-16-6-7-17-15(11-16)10-14(2)27-17/h6-13,27H,5H2,1-4H3,(H,25,28). The molecule has 162 valence electrons. The molecule has 8 heteroatoms. The minimum Gasteiger partial charge on any atom is -0.359 e. The van der Waals surface area contributed by atoms with E-state index in [1.807, 2.05) is 30.8 Å². The van der Waals surface area contributed by atoms with Crippen molar-refractivity contribution in [3.05, 3.63) is 60.3 Å². The number of carbonyl (C=O) groups is 1. The summed E-state index contributed by atoms with van der Waals surface area (Å²) in [6.45, 7) is 4.64. The molecule has 0 spiro atoms. The van der Waals surface area contributed by atoms with E-state index in [9.17, 15) is 4.79 Å². The third-order valence-corrected chi connectivity index (χ3v) is 6.88. The van der Waals surface area contributed by atoms with Crippen molar-refractivity contribution in [1.29, 1.82) is 0 Å². The van der Waals surface area contributed by atoms with Gasteiger partial charge in [0, 0.05) is 49.1 Å². The first-order valence-electron chi connectivity index (χ1n) is 10.5. The number of amides is 1. The molecule has 0 radical (unpaired) electrons. The number of H-pyrrole nitrogens is 1. The molecule has 5 rings (SSSR count). The minimum atomic E-state index is -0.0850. The van der Waals surface area contributed by atoms with E-state index in [2.05, 4.69) is 57.5 Å². The van der Waals surface area contributed by atoms with Gasteiger partial charge in [-0.05, 0) is 50.2 Å². The van der Waals surface area contributed by atoms with Crippen molar-refractivity contribution in [1.82, 2.24) is 24.4 Å². The van der Waals surface area contributed by atoms with Gasteiger partial charge in [0.1, 0.15) is 0 Å². The van der Waals surface area contributed by atoms with Crippen LogP contribution < -0.4 is 5.32 Å². The number of pyridine rings is 1. The lowest BCUT2D eigenvalue weighted by molar-refractivity contribution is 0.0787. The third-order valence-electron chi connectivity index (χ3n) is 5.70. The molecular formula is C24H24N6OS. The number of nitrogens with one attached hydrogen (secondary N) is 2. The summed E-state index contributed by atoms with van der Waals surface area (Å²) in [5.41, 5.74) is 6.11. The summed E-state index contributed by atoms with van der Waals surface area (Å²) < 4.78 is 2.92. The molecule has 7 nitrogen and oxygen atoms in total. The van der Waals surface area contributed by atoms with Crippen LogP contribution in [0.3, 0.4) is 0 Å². The predicted octanol–water partition coefficient (Wildman–Crippen LogP) is 5.32. The van der Waals surface area contributed by atoms with Crippen LogP contribution in [0.5, 0.6) is 0 Å². The fourth-order valence-electron chi connectivity index (χ4n) is 3.83. The fourth-order valence-corrected chi connectivity index (χ4v) is 4.96. The molecule has 0 unspecified atom stereocenters. The van der Waals surface area contributed by atoms with Gasteiger partial charge in [0.05, 0.1) is 32.7 Å². The molecule has 0 aliphatic rings. The van der Waals surface area contributed by atoms with Crippen molar-refractivity contribution in [3.8, 4) is 10.6 Å². The van der Waals surface area contributed by atoms with Crippen LogP contribution in [0, 0.1) is 6.92 Å². The molecule has 0 atom stereocenters. The van der Waals surface area contributed by atoms with Crippen LogP contribution in [0.25, 0.3) is 31.7 Å². The van der Waals surface area contributed by atoms with Crippen LogP contribution in [0.1, 0.15) is 23.2 Å². The van der Waals surface area contributed by atoms with Gasteiger partial charge >= 0.3 is 0 Å². The predicted molar refractivity (Wildman–Crippen MR) is 131 cm³/mol. The van der Waals surface area contributed by atoms with Crippen molar-refractivity contribution in [2.24, 2.45) is 7.05 Å². The Morgan fingerprint density at radius 1 is 1.22 bits per heavy atom. The van der Waals surface area contributed by atoms with Gasteiger partial charge in [-0.15, -0.1) is 11.3 Å².